The van der Waals surface area contributed by atoms with Gasteiger partial charge >= 0.3 is 0 Å². The summed E-state index contributed by atoms with van der Waals surface area (Å²) >= 11 is 0. The second-order valence-corrected chi connectivity index (χ2v) is 3.38. The molecule has 0 aromatic heterocycles. The van der Waals surface area contributed by atoms with Crippen LogP contribution in [0.3, 0.4) is 0 Å². The van der Waals surface area contributed by atoms with Gasteiger partial charge in [0.2, 0.25) is 5.91 Å². The second-order valence-electron chi connectivity index (χ2n) is 3.38. The van der Waals surface area contributed by atoms with Crippen LogP contribution in [0.5, 0.6) is 0 Å². The third-order valence-corrected chi connectivity index (χ3v) is 2.32. The third-order valence-electron chi connectivity index (χ3n) is 2.32. The summed E-state index contributed by atoms with van der Waals surface area (Å²) in [5.41, 5.74) is 1.41. The highest BCUT2D eigenvalue weighted by atomic mass is 19.1. The van der Waals surface area contributed by atoms with E-state index in [1.54, 1.807) is 6.07 Å². The molecule has 0 spiro atoms. The standard InChI is InChI=1S/C10H11FN2O/c1-13-5-4-10(14)12-8-3-2-7(11)6-9(8)13/h2-3,6H,4-5H2,1H3,(H,12,14). The van der Waals surface area contributed by atoms with Crippen LogP contribution >= 0.6 is 0 Å². The average Bonchev–Trinajstić information content (AvgIpc) is 2.29. The van der Waals surface area contributed by atoms with Crippen molar-refractivity contribution in [2.45, 2.75) is 6.42 Å². The molecular formula is C10H11FN2O. The Kier molecular flexibility index (Phi) is 2.11. The fourth-order valence-electron chi connectivity index (χ4n) is 1.53. The summed E-state index contributed by atoms with van der Waals surface area (Å²) in [5, 5.41) is 2.73. The quantitative estimate of drug-likeness (QED) is 0.680. The number of hydrogen-bond donors (Lipinski definition) is 1. The lowest BCUT2D eigenvalue weighted by atomic mass is 10.2. The molecular weight excluding hydrogens is 183 g/mol. The van der Waals surface area contributed by atoms with Crippen LogP contribution in [0.25, 0.3) is 0 Å². The molecule has 1 N–H and O–H groups in total. The molecule has 1 heterocycles. The van der Waals surface area contributed by atoms with E-state index in [1.165, 1.54) is 12.1 Å². The Labute approximate surface area is 81.5 Å². The van der Waals surface area contributed by atoms with Gasteiger partial charge in [-0.15, -0.1) is 0 Å². The summed E-state index contributed by atoms with van der Waals surface area (Å²) in [6.07, 6.45) is 0.437. The molecule has 0 saturated carbocycles. The zero-order chi connectivity index (χ0) is 10.1. The summed E-state index contributed by atoms with van der Waals surface area (Å²) in [4.78, 5) is 13.1. The van der Waals surface area contributed by atoms with Gasteiger partial charge in [-0.25, -0.2) is 4.39 Å². The number of benzene rings is 1. The van der Waals surface area contributed by atoms with Crippen LogP contribution in [0.2, 0.25) is 0 Å². The van der Waals surface area contributed by atoms with E-state index in [0.717, 1.165) is 5.69 Å². The molecule has 0 fully saturated rings. The van der Waals surface area contributed by atoms with Crippen molar-refractivity contribution in [3.05, 3.63) is 24.0 Å². The van der Waals surface area contributed by atoms with Crippen molar-refractivity contribution in [3.63, 3.8) is 0 Å². The maximum atomic E-state index is 13.0. The SMILES string of the molecule is CN1CCC(=O)Nc2ccc(F)cc21. The zero-order valence-corrected chi connectivity index (χ0v) is 7.88. The number of anilines is 2. The highest BCUT2D eigenvalue weighted by Crippen LogP contribution is 2.28. The Morgan fingerprint density at radius 2 is 2.29 bits per heavy atom. The minimum absolute atomic E-state index is 0.0257. The van der Waals surface area contributed by atoms with Crippen LogP contribution in [0, 0.1) is 5.82 Å². The van der Waals surface area contributed by atoms with Gasteiger partial charge < -0.3 is 10.2 Å². The van der Waals surface area contributed by atoms with E-state index in [2.05, 4.69) is 5.32 Å². The molecule has 3 nitrogen and oxygen atoms in total. The lowest BCUT2D eigenvalue weighted by molar-refractivity contribution is -0.115. The number of carbonyl (C=O) groups excluding carboxylic acids is 1. The van der Waals surface area contributed by atoms with Crippen molar-refractivity contribution in [1.29, 1.82) is 0 Å². The Morgan fingerprint density at radius 1 is 1.50 bits per heavy atom. The Morgan fingerprint density at radius 3 is 3.07 bits per heavy atom. The van der Waals surface area contributed by atoms with Gasteiger partial charge in [0.1, 0.15) is 5.82 Å². The van der Waals surface area contributed by atoms with Crippen molar-refractivity contribution < 1.29 is 9.18 Å². The van der Waals surface area contributed by atoms with E-state index in [1.807, 2.05) is 11.9 Å². The zero-order valence-electron chi connectivity index (χ0n) is 7.88. The van der Waals surface area contributed by atoms with E-state index in [-0.39, 0.29) is 11.7 Å². The number of nitrogens with zero attached hydrogens (tertiary/aromatic N) is 1. The Bertz CT molecular complexity index is 378. The number of rotatable bonds is 0. The van der Waals surface area contributed by atoms with Gasteiger partial charge in [0, 0.05) is 20.0 Å². The molecule has 1 aliphatic heterocycles. The van der Waals surface area contributed by atoms with Crippen LogP contribution in [0.15, 0.2) is 18.2 Å². The third kappa shape index (κ3) is 1.55. The first-order chi connectivity index (χ1) is 6.66. The largest absolute Gasteiger partial charge is 0.372 e. The molecule has 4 heteroatoms. The predicted molar refractivity (Wildman–Crippen MR) is 52.9 cm³/mol. The number of amides is 1. The Balaban J connectivity index is 2.46. The van der Waals surface area contributed by atoms with Gasteiger partial charge in [-0.05, 0) is 18.2 Å². The van der Waals surface area contributed by atoms with Crippen LogP contribution in [-0.4, -0.2) is 19.5 Å². The molecule has 0 unspecified atom stereocenters. The maximum absolute atomic E-state index is 13.0. The van der Waals surface area contributed by atoms with Crippen LogP contribution in [0.4, 0.5) is 15.8 Å². The van der Waals surface area contributed by atoms with Gasteiger partial charge in [0.25, 0.3) is 0 Å². The topological polar surface area (TPSA) is 32.3 Å². The van der Waals surface area contributed by atoms with Crippen molar-refractivity contribution in [3.8, 4) is 0 Å². The molecule has 0 saturated heterocycles. The first-order valence-corrected chi connectivity index (χ1v) is 4.47. The molecule has 0 radical (unpaired) electrons. The van der Waals surface area contributed by atoms with Crippen LogP contribution in [0.1, 0.15) is 6.42 Å². The molecule has 1 aliphatic rings. The lowest BCUT2D eigenvalue weighted by Crippen LogP contribution is -2.18. The number of halogens is 1. The molecule has 14 heavy (non-hydrogen) atoms. The molecule has 0 bridgehead atoms. The second kappa shape index (κ2) is 3.29. The fourth-order valence-corrected chi connectivity index (χ4v) is 1.53. The average molecular weight is 194 g/mol. The van der Waals surface area contributed by atoms with Crippen molar-refractivity contribution >= 4 is 17.3 Å². The summed E-state index contributed by atoms with van der Waals surface area (Å²) in [5.74, 6) is -0.311. The minimum atomic E-state index is -0.285. The number of nitrogens with one attached hydrogen (secondary N) is 1. The van der Waals surface area contributed by atoms with Crippen molar-refractivity contribution in [2.24, 2.45) is 0 Å². The first kappa shape index (κ1) is 8.99. The summed E-state index contributed by atoms with van der Waals surface area (Å²) in [6, 6.07) is 4.36. The van der Waals surface area contributed by atoms with Gasteiger partial charge in [-0.3, -0.25) is 4.79 Å². The normalized spacial score (nSPS) is 15.9. The summed E-state index contributed by atoms with van der Waals surface area (Å²) < 4.78 is 13.0. The summed E-state index contributed by atoms with van der Waals surface area (Å²) in [7, 11) is 1.85. The van der Waals surface area contributed by atoms with E-state index >= 15 is 0 Å². The van der Waals surface area contributed by atoms with E-state index in [4.69, 9.17) is 0 Å². The number of hydrogen-bond acceptors (Lipinski definition) is 2. The number of carbonyl (C=O) groups is 1. The predicted octanol–water partition coefficient (Wildman–Crippen LogP) is 1.60. The molecule has 0 aliphatic carbocycles. The highest BCUT2D eigenvalue weighted by Gasteiger charge is 2.16. The van der Waals surface area contributed by atoms with E-state index < -0.39 is 0 Å². The van der Waals surface area contributed by atoms with Gasteiger partial charge in [-0.2, -0.15) is 0 Å². The molecule has 2 rings (SSSR count). The maximum Gasteiger partial charge on any atom is 0.226 e. The monoisotopic (exact) mass is 194 g/mol. The fraction of sp³-hybridized carbons (Fsp3) is 0.300. The highest BCUT2D eigenvalue weighted by molar-refractivity contribution is 5.96. The van der Waals surface area contributed by atoms with Crippen LogP contribution in [-0.2, 0) is 4.79 Å². The Hall–Kier alpha value is -1.58. The molecule has 74 valence electrons. The molecule has 1 amide bonds. The minimum Gasteiger partial charge on any atom is -0.372 e. The van der Waals surface area contributed by atoms with Gasteiger partial charge in [0.05, 0.1) is 11.4 Å². The smallest absolute Gasteiger partial charge is 0.226 e. The summed E-state index contributed by atoms with van der Waals surface area (Å²) in [6.45, 7) is 0.613. The lowest BCUT2D eigenvalue weighted by Gasteiger charge is -2.17. The van der Waals surface area contributed by atoms with Crippen molar-refractivity contribution in [2.75, 3.05) is 23.8 Å². The van der Waals surface area contributed by atoms with Gasteiger partial charge in [0.15, 0.2) is 0 Å². The molecule has 1 aromatic rings. The van der Waals surface area contributed by atoms with Crippen LogP contribution < -0.4 is 10.2 Å². The molecule has 0 atom stereocenters. The van der Waals surface area contributed by atoms with Gasteiger partial charge in [-0.1, -0.05) is 0 Å². The van der Waals surface area contributed by atoms with Crippen molar-refractivity contribution in [1.82, 2.24) is 0 Å². The number of fused-ring (bicyclic) bond motifs is 1. The van der Waals surface area contributed by atoms with E-state index in [0.29, 0.717) is 18.7 Å². The first-order valence-electron chi connectivity index (χ1n) is 4.47. The van der Waals surface area contributed by atoms with E-state index in [9.17, 15) is 9.18 Å². The molecule has 1 aromatic carbocycles.